The number of amides is 1. The lowest BCUT2D eigenvalue weighted by atomic mass is 9.94. The third-order valence-corrected chi connectivity index (χ3v) is 4.43. The number of morpholine rings is 1. The average Bonchev–Trinajstić information content (AvgIpc) is 2.98. The van der Waals surface area contributed by atoms with E-state index < -0.39 is 5.60 Å². The highest BCUT2D eigenvalue weighted by Gasteiger charge is 2.37. The Hall–Kier alpha value is -1.40. The zero-order chi connectivity index (χ0) is 16.3. The number of carbonyl (C=O) groups is 2. The molecule has 1 aliphatic heterocycles. The molecule has 5 nitrogen and oxygen atoms in total. The maximum absolute atomic E-state index is 12.5. The van der Waals surface area contributed by atoms with Gasteiger partial charge in [-0.15, -0.1) is 11.3 Å². The highest BCUT2D eigenvalue weighted by Crippen LogP contribution is 2.24. The van der Waals surface area contributed by atoms with E-state index in [4.69, 9.17) is 9.47 Å². The molecule has 0 aliphatic carbocycles. The molecule has 2 rings (SSSR count). The van der Waals surface area contributed by atoms with Crippen molar-refractivity contribution in [2.45, 2.75) is 39.3 Å². The van der Waals surface area contributed by atoms with Crippen molar-refractivity contribution in [3.05, 3.63) is 22.4 Å². The standard InChI is InChI=1S/C16H23NO4S/c1-11(14(18)13-6-5-9-22-13)12-10-20-8-7-17(12)15(19)21-16(2,3)4/h5-6,9,11-12H,7-8,10H2,1-4H3. The van der Waals surface area contributed by atoms with Gasteiger partial charge in [0, 0.05) is 12.5 Å². The predicted molar refractivity (Wildman–Crippen MR) is 85.4 cm³/mol. The number of Topliss-reactive ketones (excluding diaryl/α,β-unsaturated/α-hetero) is 1. The zero-order valence-corrected chi connectivity index (χ0v) is 14.3. The van der Waals surface area contributed by atoms with Gasteiger partial charge in [0.2, 0.25) is 0 Å². The van der Waals surface area contributed by atoms with E-state index in [1.165, 1.54) is 11.3 Å². The van der Waals surface area contributed by atoms with Crippen LogP contribution in [-0.2, 0) is 9.47 Å². The monoisotopic (exact) mass is 325 g/mol. The molecule has 0 spiro atoms. The Kier molecular flexibility index (Phi) is 5.24. The van der Waals surface area contributed by atoms with Crippen LogP contribution in [0.5, 0.6) is 0 Å². The molecule has 1 fully saturated rings. The summed E-state index contributed by atoms with van der Waals surface area (Å²) in [6.07, 6.45) is -0.383. The first-order chi connectivity index (χ1) is 10.3. The number of hydrogen-bond acceptors (Lipinski definition) is 5. The largest absolute Gasteiger partial charge is 0.444 e. The second-order valence-electron chi connectivity index (χ2n) is 6.45. The maximum Gasteiger partial charge on any atom is 0.410 e. The van der Waals surface area contributed by atoms with Crippen molar-refractivity contribution < 1.29 is 19.1 Å². The van der Waals surface area contributed by atoms with Gasteiger partial charge in [-0.1, -0.05) is 13.0 Å². The number of hydrogen-bond donors (Lipinski definition) is 0. The van der Waals surface area contributed by atoms with E-state index >= 15 is 0 Å². The lowest BCUT2D eigenvalue weighted by Crippen LogP contribution is -2.54. The van der Waals surface area contributed by atoms with Crippen LogP contribution >= 0.6 is 11.3 Å². The molecule has 1 aliphatic rings. The number of ketones is 1. The fourth-order valence-corrected chi connectivity index (χ4v) is 3.17. The molecule has 0 saturated carbocycles. The molecule has 2 heterocycles. The molecule has 0 bridgehead atoms. The summed E-state index contributed by atoms with van der Waals surface area (Å²) in [6.45, 7) is 8.62. The fraction of sp³-hybridized carbons (Fsp3) is 0.625. The van der Waals surface area contributed by atoms with E-state index in [2.05, 4.69) is 0 Å². The maximum atomic E-state index is 12.5. The highest BCUT2D eigenvalue weighted by atomic mass is 32.1. The third-order valence-electron chi connectivity index (χ3n) is 3.55. The van der Waals surface area contributed by atoms with Crippen molar-refractivity contribution in [1.82, 2.24) is 4.90 Å². The lowest BCUT2D eigenvalue weighted by Gasteiger charge is -2.38. The molecule has 6 heteroatoms. The first kappa shape index (κ1) is 17.0. The van der Waals surface area contributed by atoms with Crippen LogP contribution in [0.1, 0.15) is 37.4 Å². The highest BCUT2D eigenvalue weighted by molar-refractivity contribution is 7.12. The van der Waals surface area contributed by atoms with Crippen molar-refractivity contribution in [3.63, 3.8) is 0 Å². The summed E-state index contributed by atoms with van der Waals surface area (Å²) in [5, 5.41) is 1.88. The minimum absolute atomic E-state index is 0.0408. The van der Waals surface area contributed by atoms with Gasteiger partial charge in [0.1, 0.15) is 5.60 Å². The van der Waals surface area contributed by atoms with Gasteiger partial charge >= 0.3 is 6.09 Å². The molecule has 1 aromatic heterocycles. The SMILES string of the molecule is CC(C(=O)c1cccs1)C1COCCN1C(=O)OC(C)(C)C. The van der Waals surface area contributed by atoms with Crippen molar-refractivity contribution >= 4 is 23.2 Å². The molecule has 0 aromatic carbocycles. The molecule has 122 valence electrons. The van der Waals surface area contributed by atoms with Crippen molar-refractivity contribution in [2.24, 2.45) is 5.92 Å². The van der Waals surface area contributed by atoms with Gasteiger partial charge < -0.3 is 9.47 Å². The summed E-state index contributed by atoms with van der Waals surface area (Å²) in [5.41, 5.74) is -0.555. The number of ether oxygens (including phenoxy) is 2. The van der Waals surface area contributed by atoms with E-state index in [1.54, 1.807) is 4.90 Å². The van der Waals surface area contributed by atoms with Gasteiger partial charge in [-0.2, -0.15) is 0 Å². The second-order valence-corrected chi connectivity index (χ2v) is 7.39. The Labute approximate surface area is 135 Å². The van der Waals surface area contributed by atoms with Crippen LogP contribution < -0.4 is 0 Å². The summed E-state index contributed by atoms with van der Waals surface area (Å²) < 4.78 is 10.9. The van der Waals surface area contributed by atoms with E-state index in [9.17, 15) is 9.59 Å². The number of rotatable bonds is 3. The van der Waals surface area contributed by atoms with Crippen LogP contribution in [0, 0.1) is 5.92 Å². The van der Waals surface area contributed by atoms with Crippen LogP contribution in [0.25, 0.3) is 0 Å². The first-order valence-electron chi connectivity index (χ1n) is 7.44. The number of thiophene rings is 1. The van der Waals surface area contributed by atoms with Gasteiger partial charge in [0.25, 0.3) is 0 Å². The second kappa shape index (κ2) is 6.79. The van der Waals surface area contributed by atoms with Gasteiger partial charge in [-0.25, -0.2) is 4.79 Å². The number of nitrogens with zero attached hydrogens (tertiary/aromatic N) is 1. The van der Waals surface area contributed by atoms with E-state index in [-0.39, 0.29) is 23.8 Å². The molecule has 1 amide bonds. The Balaban J connectivity index is 2.12. The van der Waals surface area contributed by atoms with Crippen molar-refractivity contribution in [3.8, 4) is 0 Å². The first-order valence-corrected chi connectivity index (χ1v) is 8.32. The Morgan fingerprint density at radius 3 is 2.77 bits per heavy atom. The van der Waals surface area contributed by atoms with Crippen LogP contribution in [0.15, 0.2) is 17.5 Å². The zero-order valence-electron chi connectivity index (χ0n) is 13.5. The van der Waals surface area contributed by atoms with Crippen molar-refractivity contribution in [2.75, 3.05) is 19.8 Å². The van der Waals surface area contributed by atoms with Crippen LogP contribution in [0.2, 0.25) is 0 Å². The Bertz CT molecular complexity index is 521. The molecule has 2 unspecified atom stereocenters. The Morgan fingerprint density at radius 2 is 2.18 bits per heavy atom. The predicted octanol–water partition coefficient (Wildman–Crippen LogP) is 3.20. The molecule has 0 N–H and O–H groups in total. The summed E-state index contributed by atoms with van der Waals surface area (Å²) in [7, 11) is 0. The minimum Gasteiger partial charge on any atom is -0.444 e. The molecule has 1 saturated heterocycles. The number of carbonyl (C=O) groups excluding carboxylic acids is 2. The summed E-state index contributed by atoms with van der Waals surface area (Å²) in [4.78, 5) is 27.3. The van der Waals surface area contributed by atoms with Gasteiger partial charge in [0.15, 0.2) is 5.78 Å². The summed E-state index contributed by atoms with van der Waals surface area (Å²) in [6, 6.07) is 3.37. The van der Waals surface area contributed by atoms with E-state index in [0.717, 1.165) is 0 Å². The average molecular weight is 325 g/mol. The molecule has 1 aromatic rings. The van der Waals surface area contributed by atoms with E-state index in [1.807, 2.05) is 45.2 Å². The molecule has 2 atom stereocenters. The molecular formula is C16H23NO4S. The van der Waals surface area contributed by atoms with Crippen LogP contribution in [0.4, 0.5) is 4.79 Å². The lowest BCUT2D eigenvalue weighted by molar-refractivity contribution is -0.0415. The molecular weight excluding hydrogens is 302 g/mol. The van der Waals surface area contributed by atoms with Crippen LogP contribution in [0.3, 0.4) is 0 Å². The van der Waals surface area contributed by atoms with Gasteiger partial charge in [0.05, 0.1) is 24.1 Å². The Morgan fingerprint density at radius 1 is 1.45 bits per heavy atom. The minimum atomic E-state index is -0.555. The third kappa shape index (κ3) is 4.08. The smallest absolute Gasteiger partial charge is 0.410 e. The quantitative estimate of drug-likeness (QED) is 0.801. The topological polar surface area (TPSA) is 55.8 Å². The fourth-order valence-electron chi connectivity index (χ4n) is 2.40. The van der Waals surface area contributed by atoms with Crippen molar-refractivity contribution in [1.29, 1.82) is 0 Å². The summed E-state index contributed by atoms with van der Waals surface area (Å²) in [5.74, 6) is -0.287. The molecule has 22 heavy (non-hydrogen) atoms. The van der Waals surface area contributed by atoms with E-state index in [0.29, 0.717) is 24.6 Å². The normalized spacial score (nSPS) is 20.5. The van der Waals surface area contributed by atoms with Crippen LogP contribution in [-0.4, -0.2) is 48.2 Å². The van der Waals surface area contributed by atoms with Gasteiger partial charge in [-0.05, 0) is 32.2 Å². The van der Waals surface area contributed by atoms with Gasteiger partial charge in [-0.3, -0.25) is 9.69 Å². The molecule has 0 radical (unpaired) electrons. The summed E-state index contributed by atoms with van der Waals surface area (Å²) >= 11 is 1.42.